The summed E-state index contributed by atoms with van der Waals surface area (Å²) in [5.74, 6) is -1.68. The van der Waals surface area contributed by atoms with Gasteiger partial charge in [-0.2, -0.15) is 10.4 Å². The zero-order valence-corrected chi connectivity index (χ0v) is 23.9. The van der Waals surface area contributed by atoms with Gasteiger partial charge in [0.1, 0.15) is 11.9 Å². The van der Waals surface area contributed by atoms with Gasteiger partial charge in [-0.15, -0.1) is 5.10 Å². The molecule has 6 N–H and O–H groups in total. The first-order valence-electron chi connectivity index (χ1n) is 13.6. The molecule has 0 radical (unpaired) electrons. The Morgan fingerprint density at radius 2 is 1.71 bits per heavy atom. The SMILES string of the molecule is CC1=C2C(=O)N(c3ccc(OCO)cc3)NC2NC(O)=C1C=C/C=c1/c(C)c2c([nH]c1=O)=NN(c1ccc(C(=O)O)cc1)C2=O. The highest BCUT2D eigenvalue weighted by molar-refractivity contribution is 6.10. The van der Waals surface area contributed by atoms with Gasteiger partial charge in [-0.05, 0) is 85.7 Å². The second-order valence-electron chi connectivity index (χ2n) is 10.2. The summed E-state index contributed by atoms with van der Waals surface area (Å²) >= 11 is 0. The zero-order valence-electron chi connectivity index (χ0n) is 23.9. The molecule has 1 unspecified atom stereocenters. The van der Waals surface area contributed by atoms with Crippen LogP contribution >= 0.6 is 0 Å². The lowest BCUT2D eigenvalue weighted by Gasteiger charge is -2.23. The Hall–Kier alpha value is -5.99. The number of aromatic amines is 1. The van der Waals surface area contributed by atoms with Crippen LogP contribution in [-0.4, -0.2) is 51.0 Å². The minimum atomic E-state index is -1.10. The Kier molecular flexibility index (Phi) is 7.28. The molecule has 0 bridgehead atoms. The Bertz CT molecular complexity index is 2040. The number of hydrogen-bond acceptors (Lipinski definition) is 10. The van der Waals surface area contributed by atoms with Crippen LogP contribution in [0.4, 0.5) is 11.4 Å². The van der Waals surface area contributed by atoms with Crippen LogP contribution < -0.4 is 41.8 Å². The molecule has 3 aliphatic rings. The van der Waals surface area contributed by atoms with Gasteiger partial charge in [0.2, 0.25) is 0 Å². The molecule has 1 atom stereocenters. The molecule has 6 rings (SSSR count). The second-order valence-corrected chi connectivity index (χ2v) is 10.2. The number of allylic oxidation sites excluding steroid dienone is 4. The fourth-order valence-corrected chi connectivity index (χ4v) is 5.35. The number of H-pyrrole nitrogens is 1. The standard InChI is InChI=1S/C31H26N6O8/c1-15-21(27(39)32-25-23(15)29(41)36(34-25)18-8-6-17(7-9-18)31(43)44)4-3-5-22-16(2)24-26(33-28(22)40)35-37(30(24)42)19-10-12-20(13-11-19)45-14-38/h3-13,26,33,35,38,40H,14H2,1-2H3,(H,43,44)(H,32,34,39)/b5-3?,21-4-. The maximum Gasteiger partial charge on any atom is 0.335 e. The first kappa shape index (κ1) is 29.1. The number of anilines is 2. The molecule has 0 aliphatic carbocycles. The molecule has 3 aromatic rings. The predicted octanol–water partition coefficient (Wildman–Crippen LogP) is 0.809. The van der Waals surface area contributed by atoms with Crippen LogP contribution in [0, 0.1) is 6.92 Å². The quantitative estimate of drug-likeness (QED) is 0.208. The van der Waals surface area contributed by atoms with Gasteiger partial charge < -0.3 is 30.4 Å². The normalized spacial score (nSPS) is 18.0. The average Bonchev–Trinajstić information content (AvgIpc) is 3.52. The highest BCUT2D eigenvalue weighted by Gasteiger charge is 2.40. The van der Waals surface area contributed by atoms with Crippen molar-refractivity contribution < 1.29 is 34.4 Å². The van der Waals surface area contributed by atoms with Crippen molar-refractivity contribution in [1.82, 2.24) is 15.7 Å². The van der Waals surface area contributed by atoms with Gasteiger partial charge >= 0.3 is 5.97 Å². The molecule has 1 fully saturated rings. The highest BCUT2D eigenvalue weighted by atomic mass is 16.6. The summed E-state index contributed by atoms with van der Waals surface area (Å²) in [6.07, 6.45) is 3.89. The lowest BCUT2D eigenvalue weighted by atomic mass is 9.96. The number of pyridine rings is 1. The van der Waals surface area contributed by atoms with Gasteiger partial charge in [-0.25, -0.2) is 9.80 Å². The van der Waals surface area contributed by atoms with Crippen LogP contribution in [0.5, 0.6) is 5.75 Å². The topological polar surface area (TPSA) is 197 Å². The fourth-order valence-electron chi connectivity index (χ4n) is 5.35. The van der Waals surface area contributed by atoms with E-state index in [4.69, 9.17) is 14.9 Å². The number of dihydropyridines is 1. The third kappa shape index (κ3) is 5.03. The third-order valence-electron chi connectivity index (χ3n) is 7.63. The molecule has 4 heterocycles. The molecule has 3 aliphatic heterocycles. The molecule has 14 nitrogen and oxygen atoms in total. The third-order valence-corrected chi connectivity index (χ3v) is 7.63. The molecular weight excluding hydrogens is 584 g/mol. The Morgan fingerprint density at radius 1 is 1.02 bits per heavy atom. The van der Waals surface area contributed by atoms with Crippen LogP contribution in [0.25, 0.3) is 6.08 Å². The van der Waals surface area contributed by atoms with Gasteiger partial charge in [0, 0.05) is 10.8 Å². The van der Waals surface area contributed by atoms with E-state index in [-0.39, 0.29) is 33.6 Å². The number of fused-ring (bicyclic) bond motifs is 2. The highest BCUT2D eigenvalue weighted by Crippen LogP contribution is 2.32. The van der Waals surface area contributed by atoms with Crippen molar-refractivity contribution >= 4 is 35.2 Å². The minimum Gasteiger partial charge on any atom is -0.494 e. The van der Waals surface area contributed by atoms with Crippen LogP contribution in [-0.2, 0) is 4.79 Å². The Labute approximate surface area is 254 Å². The number of carboxylic acid groups (broad SMARTS) is 1. The first-order chi connectivity index (χ1) is 21.6. The van der Waals surface area contributed by atoms with E-state index in [1.807, 2.05) is 0 Å². The largest absolute Gasteiger partial charge is 0.494 e. The monoisotopic (exact) mass is 610 g/mol. The molecule has 45 heavy (non-hydrogen) atoms. The van der Waals surface area contributed by atoms with Crippen molar-refractivity contribution in [3.8, 4) is 5.75 Å². The number of rotatable bonds is 7. The molecule has 2 amide bonds. The number of hydrogen-bond donors (Lipinski definition) is 6. The van der Waals surface area contributed by atoms with E-state index in [9.17, 15) is 24.3 Å². The number of benzene rings is 2. The number of aliphatic hydroxyl groups is 2. The number of ether oxygens (including phenoxy) is 1. The van der Waals surface area contributed by atoms with E-state index < -0.39 is 30.4 Å². The lowest BCUT2D eigenvalue weighted by Crippen LogP contribution is -2.45. The number of aliphatic hydroxyl groups excluding tert-OH is 2. The van der Waals surface area contributed by atoms with E-state index >= 15 is 0 Å². The molecule has 2 aromatic carbocycles. The molecule has 228 valence electrons. The van der Waals surface area contributed by atoms with Crippen LogP contribution in [0.3, 0.4) is 0 Å². The van der Waals surface area contributed by atoms with Gasteiger partial charge in [0.05, 0.1) is 28.1 Å². The van der Waals surface area contributed by atoms with E-state index in [0.29, 0.717) is 39.4 Å². The summed E-state index contributed by atoms with van der Waals surface area (Å²) in [7, 11) is 0. The summed E-state index contributed by atoms with van der Waals surface area (Å²) in [5.41, 5.74) is 5.33. The van der Waals surface area contributed by atoms with E-state index in [2.05, 4.69) is 20.8 Å². The summed E-state index contributed by atoms with van der Waals surface area (Å²) in [6, 6.07) is 12.1. The first-order valence-corrected chi connectivity index (χ1v) is 13.6. The number of nitrogens with one attached hydrogen (secondary N) is 3. The summed E-state index contributed by atoms with van der Waals surface area (Å²) in [4.78, 5) is 53.4. The van der Waals surface area contributed by atoms with Crippen molar-refractivity contribution in [1.29, 1.82) is 0 Å². The van der Waals surface area contributed by atoms with Crippen LogP contribution in [0.15, 0.2) is 93.2 Å². The van der Waals surface area contributed by atoms with Gasteiger partial charge in [-0.1, -0.05) is 6.08 Å². The van der Waals surface area contributed by atoms with Crippen molar-refractivity contribution in [3.63, 3.8) is 0 Å². The Balaban J connectivity index is 1.27. The number of amides is 2. The molecule has 1 saturated heterocycles. The zero-order chi connectivity index (χ0) is 32.0. The number of aromatic nitrogens is 1. The van der Waals surface area contributed by atoms with E-state index in [1.165, 1.54) is 41.4 Å². The van der Waals surface area contributed by atoms with Crippen molar-refractivity contribution in [2.45, 2.75) is 20.0 Å². The van der Waals surface area contributed by atoms with E-state index in [0.717, 1.165) is 5.01 Å². The van der Waals surface area contributed by atoms with Crippen LogP contribution in [0.2, 0.25) is 0 Å². The average molecular weight is 611 g/mol. The maximum absolute atomic E-state index is 13.4. The number of aromatic carboxylic acids is 1. The van der Waals surface area contributed by atoms with Crippen molar-refractivity contribution in [3.05, 3.63) is 121 Å². The molecule has 0 saturated carbocycles. The van der Waals surface area contributed by atoms with Gasteiger partial charge in [0.15, 0.2) is 18.2 Å². The maximum atomic E-state index is 13.4. The minimum absolute atomic E-state index is 0.0536. The molecular formula is C31H26N6O8. The summed E-state index contributed by atoms with van der Waals surface area (Å²) < 4.78 is 5.03. The number of carboxylic acids is 1. The Morgan fingerprint density at radius 3 is 2.38 bits per heavy atom. The number of nitrogens with zero attached hydrogens (tertiary/aromatic N) is 3. The smallest absolute Gasteiger partial charge is 0.335 e. The predicted molar refractivity (Wildman–Crippen MR) is 160 cm³/mol. The summed E-state index contributed by atoms with van der Waals surface area (Å²) in [5, 5.41) is 38.6. The van der Waals surface area contributed by atoms with Gasteiger partial charge in [-0.3, -0.25) is 14.4 Å². The molecule has 0 spiro atoms. The number of carbonyl (C=O) groups is 3. The van der Waals surface area contributed by atoms with Crippen LogP contribution in [0.1, 0.15) is 33.2 Å². The fraction of sp³-hybridized carbons (Fsp3) is 0.129. The van der Waals surface area contributed by atoms with Crippen molar-refractivity contribution in [2.75, 3.05) is 16.8 Å². The number of hydrazine groups is 1. The van der Waals surface area contributed by atoms with Gasteiger partial charge in [0.25, 0.3) is 17.4 Å². The van der Waals surface area contributed by atoms with Crippen molar-refractivity contribution in [2.24, 2.45) is 5.10 Å². The summed E-state index contributed by atoms with van der Waals surface area (Å²) in [6.45, 7) is 2.84. The molecule has 1 aromatic heterocycles. The second kappa shape index (κ2) is 11.3. The molecule has 14 heteroatoms. The number of carbonyl (C=O) groups excluding carboxylic acids is 2. The lowest BCUT2D eigenvalue weighted by molar-refractivity contribution is -0.114. The van der Waals surface area contributed by atoms with E-state index in [1.54, 1.807) is 44.2 Å².